The predicted octanol–water partition coefficient (Wildman–Crippen LogP) is 3.09. The van der Waals surface area contributed by atoms with E-state index in [0.717, 1.165) is 10.9 Å². The minimum atomic E-state index is -3.58. The fourth-order valence-electron chi connectivity index (χ4n) is 3.21. The summed E-state index contributed by atoms with van der Waals surface area (Å²) in [4.78, 5) is 4.73. The maximum Gasteiger partial charge on any atom is 0.243 e. The molecule has 1 aliphatic heterocycles. The van der Waals surface area contributed by atoms with Crippen LogP contribution in [0.3, 0.4) is 0 Å². The molecular formula is C20H20N2O4S. The van der Waals surface area contributed by atoms with E-state index in [0.29, 0.717) is 31.1 Å². The van der Waals surface area contributed by atoms with Gasteiger partial charge in [0.25, 0.3) is 0 Å². The predicted molar refractivity (Wildman–Crippen MR) is 103 cm³/mol. The third kappa shape index (κ3) is 3.61. The lowest BCUT2D eigenvalue weighted by Crippen LogP contribution is -2.31. The number of fused-ring (bicyclic) bond motifs is 1. The fourth-order valence-corrected chi connectivity index (χ4v) is 4.73. The van der Waals surface area contributed by atoms with Crippen molar-refractivity contribution in [2.45, 2.75) is 17.4 Å². The molecule has 2 aromatic carbocycles. The summed E-state index contributed by atoms with van der Waals surface area (Å²) in [7, 11) is -2.06. The Hall–Kier alpha value is -2.64. The molecular weight excluding hydrogens is 364 g/mol. The summed E-state index contributed by atoms with van der Waals surface area (Å²) in [5, 5.41) is 1.04. The van der Waals surface area contributed by atoms with Crippen LogP contribution in [0.2, 0.25) is 0 Å². The van der Waals surface area contributed by atoms with E-state index in [9.17, 15) is 8.42 Å². The van der Waals surface area contributed by atoms with E-state index >= 15 is 0 Å². The van der Waals surface area contributed by atoms with E-state index in [1.807, 2.05) is 36.4 Å². The van der Waals surface area contributed by atoms with Crippen molar-refractivity contribution < 1.29 is 17.9 Å². The second kappa shape index (κ2) is 7.17. The van der Waals surface area contributed by atoms with Gasteiger partial charge in [-0.15, -0.1) is 0 Å². The van der Waals surface area contributed by atoms with Crippen molar-refractivity contribution in [3.8, 4) is 11.6 Å². The molecule has 0 bridgehead atoms. The average Bonchev–Trinajstić information content (AvgIpc) is 3.17. The van der Waals surface area contributed by atoms with Crippen LogP contribution in [0.5, 0.6) is 11.6 Å². The summed E-state index contributed by atoms with van der Waals surface area (Å²) >= 11 is 0. The summed E-state index contributed by atoms with van der Waals surface area (Å²) in [5.41, 5.74) is 0.855. The number of ether oxygens (including phenoxy) is 2. The summed E-state index contributed by atoms with van der Waals surface area (Å²) < 4.78 is 38.3. The maximum atomic E-state index is 12.9. The molecule has 7 heteroatoms. The Bertz CT molecular complexity index is 1070. The lowest BCUT2D eigenvalue weighted by atomic mass is 10.2. The van der Waals surface area contributed by atoms with E-state index in [-0.39, 0.29) is 11.0 Å². The quantitative estimate of drug-likeness (QED) is 0.676. The number of nitrogens with zero attached hydrogens (tertiary/aromatic N) is 2. The standard InChI is InChI=1S/C20H20N2O4S/c1-25-16-6-4-7-18(13-16)27(23,24)22-12-11-17(14-22)26-20-10-9-15-5-2-3-8-19(15)21-20/h2-10,13,17H,11-12,14H2,1H3. The van der Waals surface area contributed by atoms with Gasteiger partial charge in [-0.25, -0.2) is 13.4 Å². The maximum absolute atomic E-state index is 12.9. The molecule has 4 rings (SSSR count). The minimum absolute atomic E-state index is 0.223. The van der Waals surface area contributed by atoms with Crippen molar-refractivity contribution in [1.29, 1.82) is 0 Å². The second-order valence-corrected chi connectivity index (χ2v) is 8.35. The number of aromatic nitrogens is 1. The number of hydrogen-bond donors (Lipinski definition) is 0. The van der Waals surface area contributed by atoms with Crippen molar-refractivity contribution in [3.63, 3.8) is 0 Å². The highest BCUT2D eigenvalue weighted by atomic mass is 32.2. The second-order valence-electron chi connectivity index (χ2n) is 6.41. The van der Waals surface area contributed by atoms with E-state index < -0.39 is 10.0 Å². The molecule has 1 fully saturated rings. The zero-order chi connectivity index (χ0) is 18.9. The highest BCUT2D eigenvalue weighted by Crippen LogP contribution is 2.26. The molecule has 3 aromatic rings. The van der Waals surface area contributed by atoms with Gasteiger partial charge in [0.1, 0.15) is 11.9 Å². The highest BCUT2D eigenvalue weighted by Gasteiger charge is 2.34. The first-order valence-electron chi connectivity index (χ1n) is 8.73. The van der Waals surface area contributed by atoms with Crippen molar-refractivity contribution in [2.75, 3.05) is 20.2 Å². The average molecular weight is 384 g/mol. The Labute approximate surface area is 158 Å². The number of hydrogen-bond acceptors (Lipinski definition) is 5. The lowest BCUT2D eigenvalue weighted by molar-refractivity contribution is 0.207. The number of para-hydroxylation sites is 1. The van der Waals surface area contributed by atoms with Gasteiger partial charge in [0.05, 0.1) is 24.1 Å². The molecule has 0 aliphatic carbocycles. The van der Waals surface area contributed by atoms with Crippen LogP contribution in [0, 0.1) is 0 Å². The molecule has 1 saturated heterocycles. The molecule has 1 atom stereocenters. The largest absolute Gasteiger partial charge is 0.497 e. The van der Waals surface area contributed by atoms with E-state index in [1.54, 1.807) is 18.2 Å². The Morgan fingerprint density at radius 1 is 1.07 bits per heavy atom. The third-order valence-corrected chi connectivity index (χ3v) is 6.51. The SMILES string of the molecule is COc1cccc(S(=O)(=O)N2CCC(Oc3ccc4ccccc4n3)C2)c1. The van der Waals surface area contributed by atoms with Gasteiger partial charge in [-0.1, -0.05) is 24.3 Å². The van der Waals surface area contributed by atoms with Gasteiger partial charge in [0, 0.05) is 24.1 Å². The van der Waals surface area contributed by atoms with Crippen molar-refractivity contribution in [3.05, 3.63) is 60.7 Å². The van der Waals surface area contributed by atoms with Crippen molar-refractivity contribution in [1.82, 2.24) is 9.29 Å². The van der Waals surface area contributed by atoms with Gasteiger partial charge in [0.2, 0.25) is 15.9 Å². The summed E-state index contributed by atoms with van der Waals surface area (Å²) in [6.07, 6.45) is 0.400. The highest BCUT2D eigenvalue weighted by molar-refractivity contribution is 7.89. The zero-order valence-corrected chi connectivity index (χ0v) is 15.7. The van der Waals surface area contributed by atoms with Crippen LogP contribution >= 0.6 is 0 Å². The van der Waals surface area contributed by atoms with Gasteiger partial charge in [0.15, 0.2) is 0 Å². The van der Waals surface area contributed by atoms with Crippen LogP contribution in [0.15, 0.2) is 65.6 Å². The topological polar surface area (TPSA) is 68.7 Å². The molecule has 1 aliphatic rings. The molecule has 0 saturated carbocycles. The molecule has 140 valence electrons. The first kappa shape index (κ1) is 17.8. The Balaban J connectivity index is 1.48. The summed E-state index contributed by atoms with van der Waals surface area (Å²) in [6.45, 7) is 0.714. The monoisotopic (exact) mass is 384 g/mol. The Kier molecular flexibility index (Phi) is 4.72. The number of methoxy groups -OCH3 is 1. The summed E-state index contributed by atoms with van der Waals surface area (Å²) in [6, 6.07) is 18.1. The number of sulfonamides is 1. The molecule has 6 nitrogen and oxygen atoms in total. The van der Waals surface area contributed by atoms with Crippen LogP contribution in [-0.2, 0) is 10.0 Å². The normalized spacial score (nSPS) is 17.9. The molecule has 0 N–H and O–H groups in total. The van der Waals surface area contributed by atoms with Crippen LogP contribution in [0.4, 0.5) is 0 Å². The zero-order valence-electron chi connectivity index (χ0n) is 14.9. The molecule has 0 radical (unpaired) electrons. The van der Waals surface area contributed by atoms with E-state index in [2.05, 4.69) is 4.98 Å². The number of pyridine rings is 1. The van der Waals surface area contributed by atoms with E-state index in [1.165, 1.54) is 17.5 Å². The Morgan fingerprint density at radius 3 is 2.78 bits per heavy atom. The van der Waals surface area contributed by atoms with Gasteiger partial charge in [-0.05, 0) is 30.7 Å². The smallest absolute Gasteiger partial charge is 0.243 e. The summed E-state index contributed by atoms with van der Waals surface area (Å²) in [5.74, 6) is 1.03. The number of benzene rings is 2. The van der Waals surface area contributed by atoms with Crippen LogP contribution < -0.4 is 9.47 Å². The molecule has 27 heavy (non-hydrogen) atoms. The van der Waals surface area contributed by atoms with Gasteiger partial charge < -0.3 is 9.47 Å². The third-order valence-electron chi connectivity index (χ3n) is 4.65. The first-order chi connectivity index (χ1) is 13.1. The molecule has 1 unspecified atom stereocenters. The fraction of sp³-hybridized carbons (Fsp3) is 0.250. The molecule has 1 aromatic heterocycles. The van der Waals surface area contributed by atoms with Gasteiger partial charge in [-0.2, -0.15) is 4.31 Å². The van der Waals surface area contributed by atoms with Gasteiger partial charge >= 0.3 is 0 Å². The van der Waals surface area contributed by atoms with Gasteiger partial charge in [-0.3, -0.25) is 0 Å². The number of rotatable bonds is 5. The van der Waals surface area contributed by atoms with Crippen LogP contribution in [0.1, 0.15) is 6.42 Å². The Morgan fingerprint density at radius 2 is 1.93 bits per heavy atom. The lowest BCUT2D eigenvalue weighted by Gasteiger charge is -2.17. The molecule has 0 spiro atoms. The van der Waals surface area contributed by atoms with Crippen molar-refractivity contribution >= 4 is 20.9 Å². The first-order valence-corrected chi connectivity index (χ1v) is 10.2. The van der Waals surface area contributed by atoms with Crippen LogP contribution in [-0.4, -0.2) is 44.0 Å². The van der Waals surface area contributed by atoms with Crippen molar-refractivity contribution in [2.24, 2.45) is 0 Å². The minimum Gasteiger partial charge on any atom is -0.497 e. The van der Waals surface area contributed by atoms with E-state index in [4.69, 9.17) is 9.47 Å². The molecule has 2 heterocycles. The molecule has 0 amide bonds. The van der Waals surface area contributed by atoms with Crippen LogP contribution in [0.25, 0.3) is 10.9 Å².